The maximum Gasteiger partial charge on any atom is 0.233 e. The number of nitrogens with one attached hydrogen (secondary N) is 1. The molecule has 2 rings (SSSR count). The Kier molecular flexibility index (Phi) is 5.78. The molecule has 0 spiro atoms. The van der Waals surface area contributed by atoms with Crippen LogP contribution in [-0.4, -0.2) is 62.4 Å². The van der Waals surface area contributed by atoms with Crippen LogP contribution in [-0.2, 0) is 11.3 Å². The van der Waals surface area contributed by atoms with Gasteiger partial charge in [-0.15, -0.1) is 5.10 Å². The van der Waals surface area contributed by atoms with Gasteiger partial charge in [0.05, 0.1) is 12.3 Å². The van der Waals surface area contributed by atoms with Crippen molar-refractivity contribution in [1.29, 1.82) is 0 Å². The zero-order valence-corrected chi connectivity index (χ0v) is 12.9. The first-order chi connectivity index (χ1) is 9.66. The lowest BCUT2D eigenvalue weighted by Gasteiger charge is -2.14. The average Bonchev–Trinajstić information content (AvgIpc) is 3.07. The van der Waals surface area contributed by atoms with E-state index in [4.69, 9.17) is 0 Å². The van der Waals surface area contributed by atoms with Crippen LogP contribution in [0.1, 0.15) is 26.7 Å². The van der Waals surface area contributed by atoms with Crippen molar-refractivity contribution in [2.45, 2.75) is 44.4 Å². The summed E-state index contributed by atoms with van der Waals surface area (Å²) in [5.74, 6) is 0.597. The summed E-state index contributed by atoms with van der Waals surface area (Å²) < 4.78 is 1.75. The molecule has 20 heavy (non-hydrogen) atoms. The molecule has 1 saturated heterocycles. The van der Waals surface area contributed by atoms with Crippen LogP contribution >= 0.6 is 11.8 Å². The van der Waals surface area contributed by atoms with E-state index in [1.807, 2.05) is 4.90 Å². The van der Waals surface area contributed by atoms with Gasteiger partial charge in [0.15, 0.2) is 0 Å². The van der Waals surface area contributed by atoms with E-state index in [0.717, 1.165) is 32.5 Å². The first kappa shape index (κ1) is 15.2. The van der Waals surface area contributed by atoms with E-state index in [1.165, 1.54) is 11.8 Å². The molecule has 0 unspecified atom stereocenters. The van der Waals surface area contributed by atoms with Crippen LogP contribution in [0.2, 0.25) is 0 Å². The predicted molar refractivity (Wildman–Crippen MR) is 77.5 cm³/mol. The van der Waals surface area contributed by atoms with Crippen LogP contribution < -0.4 is 5.32 Å². The molecule has 1 aromatic rings. The predicted octanol–water partition coefficient (Wildman–Crippen LogP) is 0.386. The highest BCUT2D eigenvalue weighted by atomic mass is 32.2. The highest BCUT2D eigenvalue weighted by Crippen LogP contribution is 2.16. The molecule has 0 radical (unpaired) electrons. The molecule has 1 aliphatic heterocycles. The van der Waals surface area contributed by atoms with Gasteiger partial charge in [-0.05, 0) is 23.3 Å². The number of tetrazole rings is 1. The summed E-state index contributed by atoms with van der Waals surface area (Å²) in [4.78, 5) is 13.9. The third-order valence-electron chi connectivity index (χ3n) is 3.16. The van der Waals surface area contributed by atoms with Gasteiger partial charge in [0.2, 0.25) is 11.1 Å². The fourth-order valence-electron chi connectivity index (χ4n) is 2.08. The molecular weight excluding hydrogens is 276 g/mol. The fourth-order valence-corrected chi connectivity index (χ4v) is 2.89. The largest absolute Gasteiger partial charge is 0.342 e. The standard InChI is InChI=1S/C12H22N6OS/c1-10(2)13-5-8-18-12(14-15-16-18)20-9-11(19)17-6-3-4-7-17/h10,13H,3-9H2,1-2H3. The van der Waals surface area contributed by atoms with Crippen LogP contribution in [0.3, 0.4) is 0 Å². The van der Waals surface area contributed by atoms with Gasteiger partial charge in [-0.3, -0.25) is 4.79 Å². The van der Waals surface area contributed by atoms with E-state index in [0.29, 0.717) is 23.5 Å². The normalized spacial score (nSPS) is 15.2. The third-order valence-corrected chi connectivity index (χ3v) is 4.10. The third kappa shape index (κ3) is 4.45. The first-order valence-corrected chi connectivity index (χ1v) is 8.05. The Morgan fingerprint density at radius 3 is 2.85 bits per heavy atom. The summed E-state index contributed by atoms with van der Waals surface area (Å²) in [6, 6.07) is 0.444. The number of hydrogen-bond acceptors (Lipinski definition) is 6. The van der Waals surface area contributed by atoms with Gasteiger partial charge in [0.25, 0.3) is 0 Å². The van der Waals surface area contributed by atoms with Crippen molar-refractivity contribution in [1.82, 2.24) is 30.4 Å². The molecule has 7 nitrogen and oxygen atoms in total. The first-order valence-electron chi connectivity index (χ1n) is 7.07. The number of rotatable bonds is 7. The summed E-state index contributed by atoms with van der Waals surface area (Å²) in [7, 11) is 0. The molecule has 1 aromatic heterocycles. The summed E-state index contributed by atoms with van der Waals surface area (Å²) in [5.41, 5.74) is 0. The minimum Gasteiger partial charge on any atom is -0.342 e. The SMILES string of the molecule is CC(C)NCCn1nnnc1SCC(=O)N1CCCC1. The molecule has 2 heterocycles. The maximum atomic E-state index is 12.0. The van der Waals surface area contributed by atoms with Crippen molar-refractivity contribution in [3.63, 3.8) is 0 Å². The average molecular weight is 298 g/mol. The lowest BCUT2D eigenvalue weighted by Crippen LogP contribution is -2.29. The molecule has 0 saturated carbocycles. The molecule has 0 aliphatic carbocycles. The molecule has 0 bridgehead atoms. The number of carbonyl (C=O) groups is 1. The quantitative estimate of drug-likeness (QED) is 0.734. The number of thioether (sulfide) groups is 1. The molecule has 112 valence electrons. The van der Waals surface area contributed by atoms with Crippen LogP contribution in [0.25, 0.3) is 0 Å². The monoisotopic (exact) mass is 298 g/mol. The van der Waals surface area contributed by atoms with Gasteiger partial charge in [0.1, 0.15) is 0 Å². The van der Waals surface area contributed by atoms with Crippen LogP contribution in [0, 0.1) is 0 Å². The maximum absolute atomic E-state index is 12.0. The topological polar surface area (TPSA) is 75.9 Å². The zero-order chi connectivity index (χ0) is 14.4. The Morgan fingerprint density at radius 1 is 1.40 bits per heavy atom. The fraction of sp³-hybridized carbons (Fsp3) is 0.833. The summed E-state index contributed by atoms with van der Waals surface area (Å²) in [6.45, 7) is 7.51. The van der Waals surface area contributed by atoms with Gasteiger partial charge >= 0.3 is 0 Å². The number of hydrogen-bond donors (Lipinski definition) is 1. The Morgan fingerprint density at radius 2 is 2.15 bits per heavy atom. The van der Waals surface area contributed by atoms with Crippen molar-refractivity contribution >= 4 is 17.7 Å². The van der Waals surface area contributed by atoms with Gasteiger partial charge in [-0.1, -0.05) is 25.6 Å². The van der Waals surface area contributed by atoms with E-state index in [9.17, 15) is 4.79 Å². The smallest absolute Gasteiger partial charge is 0.233 e. The number of carbonyl (C=O) groups excluding carboxylic acids is 1. The number of aromatic nitrogens is 4. The molecule has 1 N–H and O–H groups in total. The molecule has 0 aromatic carbocycles. The molecular formula is C12H22N6OS. The highest BCUT2D eigenvalue weighted by molar-refractivity contribution is 7.99. The molecule has 1 aliphatic rings. The summed E-state index contributed by atoms with van der Waals surface area (Å²) >= 11 is 1.42. The summed E-state index contributed by atoms with van der Waals surface area (Å²) in [6.07, 6.45) is 2.24. The van der Waals surface area contributed by atoms with Gasteiger partial charge in [-0.2, -0.15) is 0 Å². The van der Waals surface area contributed by atoms with Crippen molar-refractivity contribution in [3.05, 3.63) is 0 Å². The van der Waals surface area contributed by atoms with Crippen molar-refractivity contribution in [2.24, 2.45) is 0 Å². The Balaban J connectivity index is 1.77. The van der Waals surface area contributed by atoms with E-state index in [-0.39, 0.29) is 5.91 Å². The van der Waals surface area contributed by atoms with Crippen LogP contribution in [0.4, 0.5) is 0 Å². The number of nitrogens with zero attached hydrogens (tertiary/aromatic N) is 5. The van der Waals surface area contributed by atoms with Gasteiger partial charge < -0.3 is 10.2 Å². The van der Waals surface area contributed by atoms with Crippen LogP contribution in [0.5, 0.6) is 0 Å². The lowest BCUT2D eigenvalue weighted by molar-refractivity contribution is -0.127. The van der Waals surface area contributed by atoms with E-state index >= 15 is 0 Å². The second kappa shape index (κ2) is 7.58. The molecule has 0 atom stereocenters. The minimum absolute atomic E-state index is 0.183. The van der Waals surface area contributed by atoms with E-state index in [2.05, 4.69) is 34.7 Å². The second-order valence-corrected chi connectivity index (χ2v) is 6.11. The Bertz CT molecular complexity index is 429. The van der Waals surface area contributed by atoms with Crippen molar-refractivity contribution in [3.8, 4) is 0 Å². The van der Waals surface area contributed by atoms with Gasteiger partial charge in [0, 0.05) is 25.7 Å². The zero-order valence-electron chi connectivity index (χ0n) is 12.1. The van der Waals surface area contributed by atoms with Crippen molar-refractivity contribution < 1.29 is 4.79 Å². The Labute approximate surface area is 123 Å². The molecule has 1 amide bonds. The molecule has 8 heteroatoms. The molecule has 1 fully saturated rings. The minimum atomic E-state index is 0.183. The Hall–Kier alpha value is -1.15. The van der Waals surface area contributed by atoms with Crippen molar-refractivity contribution in [2.75, 3.05) is 25.4 Å². The highest BCUT2D eigenvalue weighted by Gasteiger charge is 2.19. The second-order valence-electron chi connectivity index (χ2n) is 5.17. The lowest BCUT2D eigenvalue weighted by atomic mass is 10.4. The summed E-state index contributed by atoms with van der Waals surface area (Å²) in [5, 5.41) is 15.7. The van der Waals surface area contributed by atoms with E-state index < -0.39 is 0 Å². The number of amides is 1. The van der Waals surface area contributed by atoms with E-state index in [1.54, 1.807) is 4.68 Å². The number of likely N-dealkylation sites (tertiary alicyclic amines) is 1. The van der Waals surface area contributed by atoms with Crippen LogP contribution in [0.15, 0.2) is 5.16 Å². The van der Waals surface area contributed by atoms with Gasteiger partial charge in [-0.25, -0.2) is 4.68 Å².